The number of rotatable bonds is 6. The van der Waals surface area contributed by atoms with E-state index in [4.69, 9.17) is 4.74 Å². The van der Waals surface area contributed by atoms with Crippen LogP contribution in [0, 0.1) is 27.7 Å². The molecule has 0 aliphatic rings. The van der Waals surface area contributed by atoms with Crippen LogP contribution in [0.2, 0.25) is 0 Å². The molecule has 29 heavy (non-hydrogen) atoms. The van der Waals surface area contributed by atoms with Gasteiger partial charge in [-0.3, -0.25) is 14.7 Å². The van der Waals surface area contributed by atoms with Gasteiger partial charge in [-0.05, 0) is 56.5 Å². The molecule has 0 spiro atoms. The van der Waals surface area contributed by atoms with E-state index in [9.17, 15) is 9.59 Å². The van der Waals surface area contributed by atoms with Gasteiger partial charge in [0.2, 0.25) is 0 Å². The molecule has 0 aliphatic carbocycles. The van der Waals surface area contributed by atoms with Crippen molar-refractivity contribution < 1.29 is 9.53 Å². The number of nitrogens with one attached hydrogen (secondary N) is 2. The highest BCUT2D eigenvalue weighted by atomic mass is 16.5. The molecule has 1 aromatic heterocycles. The fourth-order valence-electron chi connectivity index (χ4n) is 2.96. The standard InChI is InChI=1S/C22H24N4O3/c1-14-10-11-15(2)21(16(14)3)29-13-20(27)24-23-12-19-17(4)25-26(22(19)28)18-8-6-5-7-9-18/h5-12,25H,13H2,1-4H3,(H,24,27). The molecular formula is C22H24N4O3. The molecule has 0 saturated heterocycles. The summed E-state index contributed by atoms with van der Waals surface area (Å²) in [5.74, 6) is 0.300. The summed E-state index contributed by atoms with van der Waals surface area (Å²) in [4.78, 5) is 24.7. The van der Waals surface area contributed by atoms with Crippen molar-refractivity contribution in [3.8, 4) is 11.4 Å². The lowest BCUT2D eigenvalue weighted by atomic mass is 10.1. The third kappa shape index (κ3) is 4.45. The predicted octanol–water partition coefficient (Wildman–Crippen LogP) is 2.93. The van der Waals surface area contributed by atoms with Crippen LogP contribution < -0.4 is 15.7 Å². The number of aromatic amines is 1. The Hall–Kier alpha value is -3.61. The molecule has 1 amide bonds. The van der Waals surface area contributed by atoms with Crippen LogP contribution in [-0.2, 0) is 4.79 Å². The van der Waals surface area contributed by atoms with E-state index in [0.717, 1.165) is 22.4 Å². The molecule has 2 aromatic carbocycles. The third-order valence-electron chi connectivity index (χ3n) is 4.74. The summed E-state index contributed by atoms with van der Waals surface area (Å²) in [6, 6.07) is 13.2. The zero-order valence-electron chi connectivity index (χ0n) is 16.9. The monoisotopic (exact) mass is 392 g/mol. The second kappa shape index (κ2) is 8.60. The number of nitrogens with zero attached hydrogens (tertiary/aromatic N) is 2. The molecule has 150 valence electrons. The molecule has 3 rings (SSSR count). The van der Waals surface area contributed by atoms with Crippen molar-refractivity contribution in [3.63, 3.8) is 0 Å². The fraction of sp³-hybridized carbons (Fsp3) is 0.227. The first kappa shape index (κ1) is 20.1. The molecule has 2 N–H and O–H groups in total. The molecule has 0 unspecified atom stereocenters. The third-order valence-corrected chi connectivity index (χ3v) is 4.74. The van der Waals surface area contributed by atoms with Crippen LogP contribution in [0.15, 0.2) is 52.4 Å². The number of carbonyl (C=O) groups excluding carboxylic acids is 1. The van der Waals surface area contributed by atoms with Gasteiger partial charge in [-0.2, -0.15) is 5.10 Å². The first-order valence-electron chi connectivity index (χ1n) is 9.27. The maximum atomic E-state index is 12.6. The van der Waals surface area contributed by atoms with Crippen molar-refractivity contribution in [3.05, 3.63) is 80.8 Å². The highest BCUT2D eigenvalue weighted by molar-refractivity contribution is 5.83. The molecule has 0 atom stereocenters. The topological polar surface area (TPSA) is 88.5 Å². The van der Waals surface area contributed by atoms with Gasteiger partial charge in [0.25, 0.3) is 11.5 Å². The van der Waals surface area contributed by atoms with Crippen molar-refractivity contribution in [2.75, 3.05) is 6.61 Å². The van der Waals surface area contributed by atoms with E-state index in [1.165, 1.54) is 10.9 Å². The number of hydrazone groups is 1. The van der Waals surface area contributed by atoms with Crippen LogP contribution in [0.3, 0.4) is 0 Å². The second-order valence-corrected chi connectivity index (χ2v) is 6.86. The molecular weight excluding hydrogens is 368 g/mol. The molecule has 0 saturated carbocycles. The number of amides is 1. The zero-order valence-corrected chi connectivity index (χ0v) is 16.9. The zero-order chi connectivity index (χ0) is 21.0. The number of hydrogen-bond donors (Lipinski definition) is 2. The molecule has 3 aromatic rings. The lowest BCUT2D eigenvalue weighted by Crippen LogP contribution is -2.25. The quantitative estimate of drug-likeness (QED) is 0.499. The molecule has 7 nitrogen and oxygen atoms in total. The van der Waals surface area contributed by atoms with E-state index in [0.29, 0.717) is 17.0 Å². The molecule has 0 aliphatic heterocycles. The summed E-state index contributed by atoms with van der Waals surface area (Å²) in [6.45, 7) is 7.50. The Bertz CT molecular complexity index is 1110. The lowest BCUT2D eigenvalue weighted by Gasteiger charge is -2.13. The van der Waals surface area contributed by atoms with Crippen molar-refractivity contribution in [1.82, 2.24) is 15.2 Å². The number of aromatic nitrogens is 2. The molecule has 0 radical (unpaired) electrons. The number of aryl methyl sites for hydroxylation is 3. The van der Waals surface area contributed by atoms with Gasteiger partial charge in [-0.25, -0.2) is 10.1 Å². The summed E-state index contributed by atoms with van der Waals surface area (Å²) in [6.07, 6.45) is 1.34. The van der Waals surface area contributed by atoms with E-state index < -0.39 is 5.91 Å². The van der Waals surface area contributed by atoms with E-state index in [1.54, 1.807) is 6.92 Å². The van der Waals surface area contributed by atoms with E-state index in [-0.39, 0.29) is 12.2 Å². The Kier molecular flexibility index (Phi) is 5.97. The van der Waals surface area contributed by atoms with Gasteiger partial charge in [0.05, 0.1) is 17.5 Å². The van der Waals surface area contributed by atoms with Crippen molar-refractivity contribution >= 4 is 12.1 Å². The first-order chi connectivity index (χ1) is 13.9. The van der Waals surface area contributed by atoms with Gasteiger partial charge in [-0.15, -0.1) is 0 Å². The Morgan fingerprint density at radius 1 is 1.10 bits per heavy atom. The number of ether oxygens (including phenoxy) is 1. The minimum absolute atomic E-state index is 0.164. The smallest absolute Gasteiger partial charge is 0.280 e. The maximum absolute atomic E-state index is 12.6. The van der Waals surface area contributed by atoms with Gasteiger partial charge in [0.15, 0.2) is 6.61 Å². The van der Waals surface area contributed by atoms with Crippen molar-refractivity contribution in [2.24, 2.45) is 5.10 Å². The average Bonchev–Trinajstić information content (AvgIpc) is 3.00. The normalized spacial score (nSPS) is 11.0. The largest absolute Gasteiger partial charge is 0.483 e. The Morgan fingerprint density at radius 3 is 2.52 bits per heavy atom. The minimum atomic E-state index is -0.405. The molecule has 0 fully saturated rings. The number of benzene rings is 2. The van der Waals surface area contributed by atoms with Crippen LogP contribution >= 0.6 is 0 Å². The summed E-state index contributed by atoms with van der Waals surface area (Å²) < 4.78 is 7.10. The van der Waals surface area contributed by atoms with Gasteiger partial charge < -0.3 is 4.74 Å². The summed E-state index contributed by atoms with van der Waals surface area (Å²) in [5.41, 5.74) is 6.98. The predicted molar refractivity (Wildman–Crippen MR) is 113 cm³/mol. The van der Waals surface area contributed by atoms with Gasteiger partial charge in [-0.1, -0.05) is 30.3 Å². The van der Waals surface area contributed by atoms with Crippen LogP contribution in [0.1, 0.15) is 27.9 Å². The molecule has 0 bridgehead atoms. The summed E-state index contributed by atoms with van der Waals surface area (Å²) in [5, 5.41) is 6.91. The van der Waals surface area contributed by atoms with E-state index in [1.807, 2.05) is 63.2 Å². The van der Waals surface area contributed by atoms with Crippen LogP contribution in [-0.4, -0.2) is 28.5 Å². The van der Waals surface area contributed by atoms with E-state index in [2.05, 4.69) is 15.6 Å². The Balaban J connectivity index is 1.65. The van der Waals surface area contributed by atoms with Gasteiger partial charge >= 0.3 is 0 Å². The van der Waals surface area contributed by atoms with Crippen LogP contribution in [0.25, 0.3) is 5.69 Å². The lowest BCUT2D eigenvalue weighted by molar-refractivity contribution is -0.123. The van der Waals surface area contributed by atoms with Gasteiger partial charge in [0.1, 0.15) is 5.75 Å². The second-order valence-electron chi connectivity index (χ2n) is 6.86. The summed E-state index contributed by atoms with van der Waals surface area (Å²) >= 11 is 0. The van der Waals surface area contributed by atoms with Crippen molar-refractivity contribution in [2.45, 2.75) is 27.7 Å². The minimum Gasteiger partial charge on any atom is -0.483 e. The molecule has 7 heteroatoms. The highest BCUT2D eigenvalue weighted by Crippen LogP contribution is 2.25. The molecule has 1 heterocycles. The van der Waals surface area contributed by atoms with Gasteiger partial charge in [0, 0.05) is 5.69 Å². The first-order valence-corrected chi connectivity index (χ1v) is 9.27. The Labute approximate surface area is 169 Å². The fourth-order valence-corrected chi connectivity index (χ4v) is 2.96. The number of para-hydroxylation sites is 1. The number of H-pyrrole nitrogens is 1. The average molecular weight is 392 g/mol. The van der Waals surface area contributed by atoms with E-state index >= 15 is 0 Å². The SMILES string of the molecule is Cc1ccc(C)c(OCC(=O)NN=Cc2c(C)[nH]n(-c3ccccc3)c2=O)c1C. The summed E-state index contributed by atoms with van der Waals surface area (Å²) in [7, 11) is 0. The van der Waals surface area contributed by atoms with Crippen LogP contribution in [0.4, 0.5) is 0 Å². The number of hydrogen-bond acceptors (Lipinski definition) is 4. The van der Waals surface area contributed by atoms with Crippen molar-refractivity contribution in [1.29, 1.82) is 0 Å². The maximum Gasteiger partial charge on any atom is 0.280 e. The number of carbonyl (C=O) groups is 1. The highest BCUT2D eigenvalue weighted by Gasteiger charge is 2.11. The van der Waals surface area contributed by atoms with Crippen LogP contribution in [0.5, 0.6) is 5.75 Å². The Morgan fingerprint density at radius 2 is 1.79 bits per heavy atom.